The quantitative estimate of drug-likeness (QED) is 0.930. The number of halogens is 2. The monoisotopic (exact) mass is 312 g/mol. The molecule has 2 unspecified atom stereocenters. The molecule has 1 aromatic rings. The van der Waals surface area contributed by atoms with Crippen molar-refractivity contribution < 1.29 is 9.13 Å². The van der Waals surface area contributed by atoms with Crippen LogP contribution >= 0.6 is 15.9 Å². The van der Waals surface area contributed by atoms with E-state index in [2.05, 4.69) is 21.2 Å². The van der Waals surface area contributed by atoms with Crippen molar-refractivity contribution in [3.8, 4) is 6.07 Å². The maximum absolute atomic E-state index is 14.0. The minimum Gasteiger partial charge on any atom is -0.379 e. The summed E-state index contributed by atoms with van der Waals surface area (Å²) in [6.45, 7) is 0. The maximum atomic E-state index is 14.0. The van der Waals surface area contributed by atoms with Crippen LogP contribution in [0.4, 0.5) is 10.1 Å². The minimum atomic E-state index is -0.421. The predicted molar refractivity (Wildman–Crippen MR) is 70.9 cm³/mol. The molecule has 2 atom stereocenters. The van der Waals surface area contributed by atoms with Gasteiger partial charge in [0.15, 0.2) is 5.82 Å². The van der Waals surface area contributed by atoms with Gasteiger partial charge in [0.2, 0.25) is 0 Å². The van der Waals surface area contributed by atoms with Crippen LogP contribution < -0.4 is 5.32 Å². The summed E-state index contributed by atoms with van der Waals surface area (Å²) in [6.07, 6.45) is 3.16. The second-order valence-corrected chi connectivity index (χ2v) is 5.15. The fourth-order valence-electron chi connectivity index (χ4n) is 2.32. The first kappa shape index (κ1) is 13.3. The first-order valence-corrected chi connectivity index (χ1v) is 6.64. The molecule has 18 heavy (non-hydrogen) atoms. The molecule has 0 saturated heterocycles. The van der Waals surface area contributed by atoms with Crippen molar-refractivity contribution in [3.05, 3.63) is 28.0 Å². The highest BCUT2D eigenvalue weighted by Crippen LogP contribution is 2.30. The molecular formula is C13H14BrFN2O. The van der Waals surface area contributed by atoms with Crippen LogP contribution in [0.2, 0.25) is 0 Å². The van der Waals surface area contributed by atoms with Gasteiger partial charge in [-0.2, -0.15) is 5.26 Å². The Morgan fingerprint density at radius 3 is 2.94 bits per heavy atom. The number of hydrogen-bond donors (Lipinski definition) is 1. The molecule has 1 aromatic carbocycles. The summed E-state index contributed by atoms with van der Waals surface area (Å²) in [4.78, 5) is 0. The number of hydrogen-bond acceptors (Lipinski definition) is 3. The largest absolute Gasteiger partial charge is 0.379 e. The maximum Gasteiger partial charge on any atom is 0.161 e. The van der Waals surface area contributed by atoms with Gasteiger partial charge in [0.05, 0.1) is 27.9 Å². The Morgan fingerprint density at radius 1 is 1.50 bits per heavy atom. The van der Waals surface area contributed by atoms with Crippen LogP contribution in [-0.2, 0) is 4.74 Å². The highest BCUT2D eigenvalue weighted by atomic mass is 79.9. The number of rotatable bonds is 3. The van der Waals surface area contributed by atoms with Crippen LogP contribution in [0.3, 0.4) is 0 Å². The van der Waals surface area contributed by atoms with Crippen LogP contribution in [0.25, 0.3) is 0 Å². The molecule has 1 saturated carbocycles. The lowest BCUT2D eigenvalue weighted by molar-refractivity contribution is 0.101. The van der Waals surface area contributed by atoms with Gasteiger partial charge in [0.25, 0.3) is 0 Å². The third-order valence-corrected chi connectivity index (χ3v) is 4.07. The van der Waals surface area contributed by atoms with E-state index < -0.39 is 5.82 Å². The van der Waals surface area contributed by atoms with Crippen LogP contribution in [0.15, 0.2) is 16.6 Å². The number of benzene rings is 1. The highest BCUT2D eigenvalue weighted by Gasteiger charge is 2.27. The molecular weight excluding hydrogens is 299 g/mol. The van der Waals surface area contributed by atoms with E-state index in [1.165, 1.54) is 0 Å². The fraction of sp³-hybridized carbons (Fsp3) is 0.462. The zero-order valence-corrected chi connectivity index (χ0v) is 11.6. The molecule has 0 spiro atoms. The zero-order valence-electron chi connectivity index (χ0n) is 10.0. The van der Waals surface area contributed by atoms with E-state index in [0.29, 0.717) is 11.3 Å². The first-order chi connectivity index (χ1) is 8.67. The molecule has 0 bridgehead atoms. The van der Waals surface area contributed by atoms with Gasteiger partial charge in [-0.05, 0) is 47.3 Å². The Balaban J connectivity index is 2.20. The van der Waals surface area contributed by atoms with Crippen molar-refractivity contribution in [3.63, 3.8) is 0 Å². The molecule has 0 radical (unpaired) electrons. The number of anilines is 1. The van der Waals surface area contributed by atoms with Crippen molar-refractivity contribution in [1.82, 2.24) is 0 Å². The van der Waals surface area contributed by atoms with Crippen LogP contribution in [0, 0.1) is 17.1 Å². The van der Waals surface area contributed by atoms with E-state index in [1.807, 2.05) is 6.07 Å². The Labute approximate surface area is 114 Å². The molecule has 1 aliphatic rings. The Hall–Kier alpha value is -1.12. The van der Waals surface area contributed by atoms with Gasteiger partial charge in [-0.1, -0.05) is 0 Å². The molecule has 5 heteroatoms. The SMILES string of the molecule is COC1CCCC1Nc1ccc(C#N)c(Br)c1F. The van der Waals surface area contributed by atoms with Crippen molar-refractivity contribution >= 4 is 21.6 Å². The lowest BCUT2D eigenvalue weighted by Gasteiger charge is -2.21. The molecule has 96 valence electrons. The van der Waals surface area contributed by atoms with Gasteiger partial charge >= 0.3 is 0 Å². The van der Waals surface area contributed by atoms with Crippen molar-refractivity contribution in [2.75, 3.05) is 12.4 Å². The van der Waals surface area contributed by atoms with E-state index in [9.17, 15) is 4.39 Å². The van der Waals surface area contributed by atoms with Gasteiger partial charge in [-0.3, -0.25) is 0 Å². The number of nitrogens with zero attached hydrogens (tertiary/aromatic N) is 1. The molecule has 1 N–H and O–H groups in total. The summed E-state index contributed by atoms with van der Waals surface area (Å²) < 4.78 is 19.6. The van der Waals surface area contributed by atoms with Crippen LogP contribution in [-0.4, -0.2) is 19.3 Å². The third-order valence-electron chi connectivity index (χ3n) is 3.30. The van der Waals surface area contributed by atoms with E-state index in [-0.39, 0.29) is 16.6 Å². The van der Waals surface area contributed by atoms with Gasteiger partial charge < -0.3 is 10.1 Å². The second kappa shape index (κ2) is 5.68. The summed E-state index contributed by atoms with van der Waals surface area (Å²) in [5, 5.41) is 12.0. The average molecular weight is 313 g/mol. The Morgan fingerprint density at radius 2 is 2.28 bits per heavy atom. The molecule has 3 nitrogen and oxygen atoms in total. The normalized spacial score (nSPS) is 22.8. The lowest BCUT2D eigenvalue weighted by atomic mass is 10.1. The molecule has 0 aliphatic heterocycles. The van der Waals surface area contributed by atoms with Gasteiger partial charge in [0.1, 0.15) is 6.07 Å². The molecule has 1 aliphatic carbocycles. The van der Waals surface area contributed by atoms with Gasteiger partial charge in [-0.15, -0.1) is 0 Å². The number of nitriles is 1. The number of ether oxygens (including phenoxy) is 1. The van der Waals surface area contributed by atoms with Gasteiger partial charge in [0, 0.05) is 7.11 Å². The Kier molecular flexibility index (Phi) is 4.20. The highest BCUT2D eigenvalue weighted by molar-refractivity contribution is 9.10. The topological polar surface area (TPSA) is 45.0 Å². The Bertz CT molecular complexity index is 487. The number of nitrogens with one attached hydrogen (secondary N) is 1. The van der Waals surface area contributed by atoms with E-state index in [1.54, 1.807) is 19.2 Å². The molecule has 2 rings (SSSR count). The van der Waals surface area contributed by atoms with Crippen molar-refractivity contribution in [2.24, 2.45) is 0 Å². The summed E-state index contributed by atoms with van der Waals surface area (Å²) in [5.41, 5.74) is 0.711. The third kappa shape index (κ3) is 2.50. The second-order valence-electron chi connectivity index (χ2n) is 4.36. The summed E-state index contributed by atoms with van der Waals surface area (Å²) in [7, 11) is 1.68. The summed E-state index contributed by atoms with van der Waals surface area (Å²) in [5.74, 6) is -0.421. The van der Waals surface area contributed by atoms with Crippen LogP contribution in [0.5, 0.6) is 0 Å². The average Bonchev–Trinajstić information content (AvgIpc) is 2.82. The smallest absolute Gasteiger partial charge is 0.161 e. The summed E-state index contributed by atoms with van der Waals surface area (Å²) in [6, 6.07) is 5.27. The molecule has 0 aromatic heterocycles. The van der Waals surface area contributed by atoms with Gasteiger partial charge in [-0.25, -0.2) is 4.39 Å². The molecule has 0 heterocycles. The zero-order chi connectivity index (χ0) is 13.1. The van der Waals surface area contributed by atoms with Crippen LogP contribution in [0.1, 0.15) is 24.8 Å². The molecule has 0 amide bonds. The standard InChI is InChI=1S/C13H14BrFN2O/c1-18-11-4-2-3-9(11)17-10-6-5-8(7-16)12(14)13(10)15/h5-6,9,11,17H,2-4H2,1H3. The first-order valence-electron chi connectivity index (χ1n) is 5.84. The predicted octanol–water partition coefficient (Wildman–Crippen LogP) is 3.44. The van der Waals surface area contributed by atoms with Crippen molar-refractivity contribution in [1.29, 1.82) is 5.26 Å². The fourth-order valence-corrected chi connectivity index (χ4v) is 2.75. The summed E-state index contributed by atoms with van der Waals surface area (Å²) >= 11 is 3.10. The number of methoxy groups -OCH3 is 1. The minimum absolute atomic E-state index is 0.124. The lowest BCUT2D eigenvalue weighted by Crippen LogP contribution is -2.30. The molecule has 1 fully saturated rings. The van der Waals surface area contributed by atoms with E-state index >= 15 is 0 Å². The van der Waals surface area contributed by atoms with Crippen molar-refractivity contribution in [2.45, 2.75) is 31.4 Å². The van der Waals surface area contributed by atoms with E-state index in [4.69, 9.17) is 10.00 Å². The van der Waals surface area contributed by atoms with E-state index in [0.717, 1.165) is 19.3 Å².